The summed E-state index contributed by atoms with van der Waals surface area (Å²) in [6.45, 7) is 3.26. The molecule has 186 valence electrons. The van der Waals surface area contributed by atoms with Crippen molar-refractivity contribution in [2.24, 2.45) is 0 Å². The largest absolute Gasteiger partial charge is 0.480 e. The number of piperazine rings is 1. The van der Waals surface area contributed by atoms with Crippen LogP contribution in [-0.2, 0) is 4.79 Å². The second-order valence-corrected chi connectivity index (χ2v) is 9.28. The molecule has 1 aromatic heterocycles. The molecule has 2 atom stereocenters. The lowest BCUT2D eigenvalue weighted by molar-refractivity contribution is -0.139. The van der Waals surface area contributed by atoms with E-state index in [1.54, 1.807) is 0 Å². The molecular formula is C22H24Cl2N6O5. The molecule has 1 saturated heterocycles. The maximum absolute atomic E-state index is 13.2. The van der Waals surface area contributed by atoms with Gasteiger partial charge < -0.3 is 25.2 Å². The number of fused-ring (bicyclic) bond motifs is 1. The second-order valence-electron chi connectivity index (χ2n) is 8.49. The number of ether oxygens (including phenoxy) is 2. The van der Waals surface area contributed by atoms with Crippen molar-refractivity contribution in [3.05, 3.63) is 33.9 Å². The summed E-state index contributed by atoms with van der Waals surface area (Å²) in [5, 5.41) is 15.8. The minimum Gasteiger partial charge on any atom is -0.480 e. The topological polar surface area (TPSA) is 129 Å². The standard InChI is InChI=1S/C22H24Cl2N6O5/c23-13-1-4-16(34-10-17(31)32)18(24)19(13)30-11-35-20-12(21(30)33)9-26-22(28-20)27-14-2-3-15(14)29-7-5-25-6-8-29/h1,4,9,14-15,25H,2-3,5-8,10-11H2,(H,31,32)(H,26,27,28)/t14-,15?/m1/s1. The number of aromatic nitrogens is 2. The van der Waals surface area contributed by atoms with Gasteiger partial charge in [-0.05, 0) is 25.0 Å². The number of halogens is 2. The Hall–Kier alpha value is -2.86. The third-order valence-electron chi connectivity index (χ3n) is 6.39. The van der Waals surface area contributed by atoms with Gasteiger partial charge in [-0.1, -0.05) is 23.2 Å². The van der Waals surface area contributed by atoms with Crippen LogP contribution in [0.2, 0.25) is 10.0 Å². The van der Waals surface area contributed by atoms with Crippen LogP contribution < -0.4 is 25.0 Å². The lowest BCUT2D eigenvalue weighted by Gasteiger charge is -2.46. The Labute approximate surface area is 211 Å². The van der Waals surface area contributed by atoms with Crippen LogP contribution in [0.1, 0.15) is 23.2 Å². The SMILES string of the molecule is O=C(O)COc1ccc(Cl)c(N2COc3nc(N[C@@H]4CCC4N4CCNCC4)ncc3C2=O)c1Cl. The van der Waals surface area contributed by atoms with Gasteiger partial charge in [0.25, 0.3) is 5.91 Å². The number of hydrogen-bond donors (Lipinski definition) is 3. The van der Waals surface area contributed by atoms with Gasteiger partial charge in [-0.3, -0.25) is 14.6 Å². The predicted octanol–water partition coefficient (Wildman–Crippen LogP) is 2.09. The number of carbonyl (C=O) groups excluding carboxylic acids is 1. The fourth-order valence-electron chi connectivity index (χ4n) is 4.48. The minimum absolute atomic E-state index is 0.00212. The molecule has 1 amide bonds. The smallest absolute Gasteiger partial charge is 0.341 e. The van der Waals surface area contributed by atoms with Crippen LogP contribution in [0.5, 0.6) is 11.6 Å². The molecule has 3 heterocycles. The number of hydrogen-bond acceptors (Lipinski definition) is 9. The number of nitrogens with one attached hydrogen (secondary N) is 2. The van der Waals surface area contributed by atoms with E-state index in [4.69, 9.17) is 37.8 Å². The number of nitrogens with zero attached hydrogens (tertiary/aromatic N) is 4. The molecule has 1 aliphatic carbocycles. The highest BCUT2D eigenvalue weighted by atomic mass is 35.5. The molecule has 1 unspecified atom stereocenters. The predicted molar refractivity (Wildman–Crippen MR) is 129 cm³/mol. The van der Waals surface area contributed by atoms with Gasteiger partial charge in [0, 0.05) is 44.5 Å². The van der Waals surface area contributed by atoms with Crippen LogP contribution in [0.15, 0.2) is 18.3 Å². The average Bonchev–Trinajstić information content (AvgIpc) is 2.83. The first-order chi connectivity index (χ1) is 16.9. The molecule has 2 fully saturated rings. The lowest BCUT2D eigenvalue weighted by atomic mass is 9.84. The molecule has 2 aromatic rings. The first-order valence-electron chi connectivity index (χ1n) is 11.3. The Kier molecular flexibility index (Phi) is 6.83. The molecule has 1 saturated carbocycles. The van der Waals surface area contributed by atoms with Gasteiger partial charge >= 0.3 is 5.97 Å². The highest BCUT2D eigenvalue weighted by Crippen LogP contribution is 2.42. The van der Waals surface area contributed by atoms with Crippen molar-refractivity contribution in [2.45, 2.75) is 24.9 Å². The zero-order valence-corrected chi connectivity index (χ0v) is 20.2. The molecule has 11 nitrogen and oxygen atoms in total. The van der Waals surface area contributed by atoms with Gasteiger partial charge in [0.05, 0.1) is 10.7 Å². The second kappa shape index (κ2) is 10.0. The zero-order chi connectivity index (χ0) is 24.5. The Morgan fingerprint density at radius 3 is 2.80 bits per heavy atom. The number of benzene rings is 1. The number of amides is 1. The van der Waals surface area contributed by atoms with Gasteiger partial charge in [-0.15, -0.1) is 0 Å². The van der Waals surface area contributed by atoms with Gasteiger partial charge in [-0.25, -0.2) is 9.78 Å². The maximum Gasteiger partial charge on any atom is 0.341 e. The van der Waals surface area contributed by atoms with Crippen LogP contribution in [0.25, 0.3) is 0 Å². The molecular weight excluding hydrogens is 499 g/mol. The average molecular weight is 523 g/mol. The molecule has 2 aliphatic heterocycles. The Balaban J connectivity index is 1.31. The van der Waals surface area contributed by atoms with Crippen molar-refractivity contribution < 1.29 is 24.2 Å². The van der Waals surface area contributed by atoms with E-state index in [-0.39, 0.29) is 45.7 Å². The molecule has 0 spiro atoms. The summed E-state index contributed by atoms with van der Waals surface area (Å²) in [7, 11) is 0. The van der Waals surface area contributed by atoms with E-state index in [1.807, 2.05) is 0 Å². The summed E-state index contributed by atoms with van der Waals surface area (Å²) >= 11 is 12.7. The van der Waals surface area contributed by atoms with Gasteiger partial charge in [0.1, 0.15) is 16.3 Å². The number of rotatable bonds is 7. The molecule has 5 rings (SSSR count). The summed E-state index contributed by atoms with van der Waals surface area (Å²) in [5.74, 6) is -0.935. The fourth-order valence-corrected chi connectivity index (χ4v) is 5.11. The highest BCUT2D eigenvalue weighted by molar-refractivity contribution is 6.41. The lowest BCUT2D eigenvalue weighted by Crippen LogP contribution is -2.58. The number of anilines is 2. The van der Waals surface area contributed by atoms with Crippen LogP contribution in [0, 0.1) is 0 Å². The van der Waals surface area contributed by atoms with Crippen LogP contribution in [0.3, 0.4) is 0 Å². The summed E-state index contributed by atoms with van der Waals surface area (Å²) in [5.41, 5.74) is 0.320. The summed E-state index contributed by atoms with van der Waals surface area (Å²) in [6.07, 6.45) is 3.58. The van der Waals surface area contributed by atoms with Crippen molar-refractivity contribution in [2.75, 3.05) is 49.7 Å². The summed E-state index contributed by atoms with van der Waals surface area (Å²) in [4.78, 5) is 36.6. The number of carboxylic acid groups (broad SMARTS) is 1. The number of carboxylic acids is 1. The molecule has 1 aromatic carbocycles. The maximum atomic E-state index is 13.2. The highest BCUT2D eigenvalue weighted by Gasteiger charge is 2.37. The van der Waals surface area contributed by atoms with E-state index in [0.717, 1.165) is 39.0 Å². The van der Waals surface area contributed by atoms with E-state index in [0.29, 0.717) is 12.0 Å². The van der Waals surface area contributed by atoms with Gasteiger partial charge in [0.2, 0.25) is 11.8 Å². The van der Waals surface area contributed by atoms with Crippen molar-refractivity contribution >= 4 is 46.7 Å². The van der Waals surface area contributed by atoms with Crippen molar-refractivity contribution in [1.29, 1.82) is 0 Å². The molecule has 35 heavy (non-hydrogen) atoms. The van der Waals surface area contributed by atoms with Crippen LogP contribution in [0.4, 0.5) is 11.6 Å². The van der Waals surface area contributed by atoms with E-state index in [9.17, 15) is 9.59 Å². The van der Waals surface area contributed by atoms with E-state index in [2.05, 4.69) is 25.5 Å². The molecule has 13 heteroatoms. The van der Waals surface area contributed by atoms with E-state index in [1.165, 1.54) is 23.2 Å². The summed E-state index contributed by atoms with van der Waals surface area (Å²) in [6, 6.07) is 3.60. The third kappa shape index (κ3) is 4.81. The number of carbonyl (C=O) groups is 2. The van der Waals surface area contributed by atoms with Crippen molar-refractivity contribution in [3.63, 3.8) is 0 Å². The van der Waals surface area contributed by atoms with Crippen LogP contribution >= 0.6 is 23.2 Å². The molecule has 0 radical (unpaired) electrons. The molecule has 3 aliphatic rings. The molecule has 3 N–H and O–H groups in total. The molecule has 0 bridgehead atoms. The zero-order valence-electron chi connectivity index (χ0n) is 18.7. The van der Waals surface area contributed by atoms with Crippen molar-refractivity contribution in [1.82, 2.24) is 20.2 Å². The van der Waals surface area contributed by atoms with Crippen LogP contribution in [-0.4, -0.2) is 83.5 Å². The quantitative estimate of drug-likeness (QED) is 0.496. The Morgan fingerprint density at radius 1 is 1.29 bits per heavy atom. The van der Waals surface area contributed by atoms with Gasteiger partial charge in [0.15, 0.2) is 13.3 Å². The first-order valence-corrected chi connectivity index (χ1v) is 12.0. The monoisotopic (exact) mass is 522 g/mol. The minimum atomic E-state index is -1.16. The number of aliphatic carboxylic acids is 1. The fraction of sp³-hybridized carbons (Fsp3) is 0.455. The Morgan fingerprint density at radius 2 is 2.09 bits per heavy atom. The Bertz CT molecular complexity index is 1150. The summed E-state index contributed by atoms with van der Waals surface area (Å²) < 4.78 is 11.0. The van der Waals surface area contributed by atoms with E-state index >= 15 is 0 Å². The van der Waals surface area contributed by atoms with Gasteiger partial charge in [-0.2, -0.15) is 4.98 Å². The van der Waals surface area contributed by atoms with Crippen molar-refractivity contribution in [3.8, 4) is 11.6 Å². The van der Waals surface area contributed by atoms with E-state index < -0.39 is 18.5 Å². The third-order valence-corrected chi connectivity index (χ3v) is 7.06. The normalized spacial score (nSPS) is 22.1. The first kappa shape index (κ1) is 23.9.